The summed E-state index contributed by atoms with van der Waals surface area (Å²) >= 11 is 0. The van der Waals surface area contributed by atoms with Gasteiger partial charge >= 0.3 is 0 Å². The van der Waals surface area contributed by atoms with Gasteiger partial charge in [0.05, 0.1) is 5.69 Å². The lowest BCUT2D eigenvalue weighted by molar-refractivity contribution is 0.102. The van der Waals surface area contributed by atoms with Crippen molar-refractivity contribution in [3.63, 3.8) is 0 Å². The van der Waals surface area contributed by atoms with Crippen molar-refractivity contribution in [2.24, 2.45) is 0 Å². The minimum Gasteiger partial charge on any atom is -0.454 e. The van der Waals surface area contributed by atoms with Crippen LogP contribution in [0.2, 0.25) is 0 Å². The van der Waals surface area contributed by atoms with Crippen molar-refractivity contribution in [1.29, 1.82) is 0 Å². The van der Waals surface area contributed by atoms with Crippen molar-refractivity contribution in [1.82, 2.24) is 9.78 Å². The summed E-state index contributed by atoms with van der Waals surface area (Å²) in [5, 5.41) is 7.45. The number of nitrogens with one attached hydrogen (secondary N) is 1. The Morgan fingerprint density at radius 3 is 2.65 bits per heavy atom. The third-order valence-corrected chi connectivity index (χ3v) is 4.60. The smallest absolute Gasteiger partial charge is 0.276 e. The van der Waals surface area contributed by atoms with Crippen LogP contribution in [0.3, 0.4) is 0 Å². The van der Waals surface area contributed by atoms with Crippen molar-refractivity contribution >= 4 is 11.6 Å². The molecule has 1 aliphatic heterocycles. The highest BCUT2D eigenvalue weighted by atomic mass is 16.7. The van der Waals surface area contributed by atoms with Crippen LogP contribution in [-0.4, -0.2) is 22.5 Å². The topological polar surface area (TPSA) is 65.4 Å². The van der Waals surface area contributed by atoms with E-state index in [-0.39, 0.29) is 12.7 Å². The van der Waals surface area contributed by atoms with E-state index in [2.05, 4.69) is 10.4 Å². The van der Waals surface area contributed by atoms with E-state index in [1.165, 1.54) is 0 Å². The minimum absolute atomic E-state index is 0.207. The van der Waals surface area contributed by atoms with Crippen LogP contribution in [0, 0.1) is 0 Å². The molecule has 2 heterocycles. The lowest BCUT2D eigenvalue weighted by Gasteiger charge is -2.06. The number of hydrogen-bond donors (Lipinski definition) is 1. The Morgan fingerprint density at radius 1 is 1.04 bits per heavy atom. The molecule has 1 aromatic heterocycles. The minimum atomic E-state index is -0.236. The zero-order valence-corrected chi connectivity index (χ0v) is 14.0. The molecular weight excluding hydrogens is 330 g/mol. The molecule has 1 saturated carbocycles. The molecular formula is C20H17N3O3. The first-order valence-corrected chi connectivity index (χ1v) is 8.64. The van der Waals surface area contributed by atoms with E-state index >= 15 is 0 Å². The highest BCUT2D eigenvalue weighted by molar-refractivity contribution is 6.03. The fourth-order valence-corrected chi connectivity index (χ4v) is 3.12. The van der Waals surface area contributed by atoms with Crippen molar-refractivity contribution in [3.8, 4) is 17.2 Å². The molecule has 1 fully saturated rings. The third kappa shape index (κ3) is 2.69. The molecule has 0 spiro atoms. The van der Waals surface area contributed by atoms with Gasteiger partial charge in [-0.05, 0) is 43.2 Å². The van der Waals surface area contributed by atoms with Crippen LogP contribution >= 0.6 is 0 Å². The second-order valence-corrected chi connectivity index (χ2v) is 6.50. The van der Waals surface area contributed by atoms with Crippen LogP contribution in [0.1, 0.15) is 34.9 Å². The molecule has 0 saturated heterocycles. The number of benzene rings is 2. The van der Waals surface area contributed by atoms with Crippen LogP contribution in [0.5, 0.6) is 11.5 Å². The molecule has 26 heavy (non-hydrogen) atoms. The Morgan fingerprint density at radius 2 is 1.85 bits per heavy atom. The summed E-state index contributed by atoms with van der Waals surface area (Å²) in [6, 6.07) is 17.1. The largest absolute Gasteiger partial charge is 0.454 e. The summed E-state index contributed by atoms with van der Waals surface area (Å²) in [7, 11) is 0. The second-order valence-electron chi connectivity index (χ2n) is 6.50. The van der Waals surface area contributed by atoms with E-state index < -0.39 is 0 Å². The van der Waals surface area contributed by atoms with Gasteiger partial charge in [-0.15, -0.1) is 0 Å². The molecule has 1 aliphatic carbocycles. The number of fused-ring (bicyclic) bond motifs is 1. The number of hydrogen-bond acceptors (Lipinski definition) is 4. The van der Waals surface area contributed by atoms with E-state index in [0.29, 0.717) is 28.8 Å². The van der Waals surface area contributed by atoms with Gasteiger partial charge in [0.1, 0.15) is 0 Å². The maximum atomic E-state index is 12.7. The lowest BCUT2D eigenvalue weighted by atomic mass is 10.2. The normalized spacial score (nSPS) is 15.1. The molecule has 5 rings (SSSR count). The molecule has 6 nitrogen and oxygen atoms in total. The Hall–Kier alpha value is -3.28. The van der Waals surface area contributed by atoms with Gasteiger partial charge in [0.25, 0.3) is 5.91 Å². The summed E-state index contributed by atoms with van der Waals surface area (Å²) < 4.78 is 12.5. The summed E-state index contributed by atoms with van der Waals surface area (Å²) in [6.45, 7) is 0.207. The molecule has 130 valence electrons. The highest BCUT2D eigenvalue weighted by Gasteiger charge is 2.30. The first-order chi connectivity index (χ1) is 12.8. The van der Waals surface area contributed by atoms with Gasteiger partial charge in [0.2, 0.25) is 6.79 Å². The summed E-state index contributed by atoms with van der Waals surface area (Å²) in [5.41, 5.74) is 3.12. The average molecular weight is 347 g/mol. The number of para-hydroxylation sites is 1. The monoisotopic (exact) mass is 347 g/mol. The molecule has 0 atom stereocenters. The molecule has 2 aromatic carbocycles. The number of amides is 1. The maximum Gasteiger partial charge on any atom is 0.276 e. The number of carbonyl (C=O) groups is 1. The van der Waals surface area contributed by atoms with Crippen LogP contribution in [0.25, 0.3) is 5.69 Å². The van der Waals surface area contributed by atoms with Crippen LogP contribution < -0.4 is 14.8 Å². The molecule has 2 aliphatic rings. The SMILES string of the molecule is O=C(Nc1ccc2c(c1)OCO2)c1cc(C2CC2)n(-c2ccccc2)n1. The molecule has 6 heteroatoms. The molecule has 3 aromatic rings. The van der Waals surface area contributed by atoms with Crippen molar-refractivity contribution < 1.29 is 14.3 Å². The van der Waals surface area contributed by atoms with Crippen LogP contribution in [0.15, 0.2) is 54.6 Å². The molecule has 1 amide bonds. The second kappa shape index (κ2) is 5.91. The third-order valence-electron chi connectivity index (χ3n) is 4.60. The van der Waals surface area contributed by atoms with Gasteiger partial charge in [-0.1, -0.05) is 18.2 Å². The van der Waals surface area contributed by atoms with Gasteiger partial charge in [-0.25, -0.2) is 4.68 Å². The lowest BCUT2D eigenvalue weighted by Crippen LogP contribution is -2.13. The van der Waals surface area contributed by atoms with Crippen molar-refractivity contribution in [2.75, 3.05) is 12.1 Å². The van der Waals surface area contributed by atoms with Gasteiger partial charge in [-0.2, -0.15) is 5.10 Å². The number of ether oxygens (including phenoxy) is 2. The van der Waals surface area contributed by atoms with Gasteiger partial charge in [-0.3, -0.25) is 4.79 Å². The van der Waals surface area contributed by atoms with Crippen molar-refractivity contribution in [3.05, 3.63) is 66.0 Å². The van der Waals surface area contributed by atoms with Gasteiger partial charge < -0.3 is 14.8 Å². The maximum absolute atomic E-state index is 12.7. The summed E-state index contributed by atoms with van der Waals surface area (Å²) in [5.74, 6) is 1.57. The zero-order chi connectivity index (χ0) is 17.5. The fraction of sp³-hybridized carbons (Fsp3) is 0.200. The molecule has 0 bridgehead atoms. The predicted octanol–water partition coefficient (Wildman–Crippen LogP) is 3.73. The number of anilines is 1. The zero-order valence-electron chi connectivity index (χ0n) is 14.0. The highest BCUT2D eigenvalue weighted by Crippen LogP contribution is 2.41. The van der Waals surface area contributed by atoms with E-state index in [1.54, 1.807) is 18.2 Å². The fourth-order valence-electron chi connectivity index (χ4n) is 3.12. The Labute approximate surface area is 150 Å². The molecule has 0 radical (unpaired) electrons. The molecule has 0 unspecified atom stereocenters. The van der Waals surface area contributed by atoms with Crippen molar-refractivity contribution in [2.45, 2.75) is 18.8 Å². The first-order valence-electron chi connectivity index (χ1n) is 8.64. The Balaban J connectivity index is 1.43. The quantitative estimate of drug-likeness (QED) is 0.781. The van der Waals surface area contributed by atoms with E-state index in [9.17, 15) is 4.79 Å². The van der Waals surface area contributed by atoms with Gasteiger partial charge in [0.15, 0.2) is 17.2 Å². The number of carbonyl (C=O) groups excluding carboxylic acids is 1. The van der Waals surface area contributed by atoms with E-state index in [0.717, 1.165) is 24.2 Å². The summed E-state index contributed by atoms with van der Waals surface area (Å²) in [6.07, 6.45) is 2.28. The van der Waals surface area contributed by atoms with Gasteiger partial charge in [0, 0.05) is 23.4 Å². The first kappa shape index (κ1) is 15.0. The number of rotatable bonds is 4. The van der Waals surface area contributed by atoms with E-state index in [1.807, 2.05) is 41.1 Å². The predicted molar refractivity (Wildman–Crippen MR) is 96.1 cm³/mol. The Kier molecular flexibility index (Phi) is 3.41. The Bertz CT molecular complexity index is 977. The average Bonchev–Trinajstić information content (AvgIpc) is 3.24. The van der Waals surface area contributed by atoms with Crippen LogP contribution in [0.4, 0.5) is 5.69 Å². The van der Waals surface area contributed by atoms with E-state index in [4.69, 9.17) is 9.47 Å². The standard InChI is InChI=1S/C20H17N3O3/c24-20(21-14-8-9-18-19(10-14)26-12-25-18)16-11-17(13-6-7-13)23(22-16)15-4-2-1-3-5-15/h1-5,8-11,13H,6-7,12H2,(H,21,24). The number of nitrogens with zero attached hydrogens (tertiary/aromatic N) is 2. The summed E-state index contributed by atoms with van der Waals surface area (Å²) in [4.78, 5) is 12.7. The van der Waals surface area contributed by atoms with Crippen LogP contribution in [-0.2, 0) is 0 Å². The molecule has 1 N–H and O–H groups in total. The number of aromatic nitrogens is 2.